The normalized spacial score (nSPS) is 12.7. The predicted molar refractivity (Wildman–Crippen MR) is 83.1 cm³/mol. The largest absolute Gasteiger partial charge is 0.459 e. The summed E-state index contributed by atoms with van der Waals surface area (Å²) in [6.07, 6.45) is 0.677. The summed E-state index contributed by atoms with van der Waals surface area (Å²) >= 11 is 5.83. The molecule has 3 aromatic rings. The Bertz CT molecular complexity index is 735. The maximum absolute atomic E-state index is 13.2. The van der Waals surface area contributed by atoms with Gasteiger partial charge in [-0.05, 0) is 43.3 Å². The van der Waals surface area contributed by atoms with E-state index in [0.29, 0.717) is 6.42 Å². The van der Waals surface area contributed by atoms with Crippen molar-refractivity contribution in [3.05, 3.63) is 70.7 Å². The molecule has 0 saturated carbocycles. The fraction of sp³-hybridized carbons (Fsp3) is 0.176. The second kappa shape index (κ2) is 5.88. The van der Waals surface area contributed by atoms with Gasteiger partial charge in [0.1, 0.15) is 17.2 Å². The van der Waals surface area contributed by atoms with Crippen LogP contribution in [0.25, 0.3) is 11.0 Å². The van der Waals surface area contributed by atoms with Crippen LogP contribution >= 0.6 is 11.6 Å². The molecule has 108 valence electrons. The lowest BCUT2D eigenvalue weighted by atomic mass is 10.0. The van der Waals surface area contributed by atoms with Gasteiger partial charge >= 0.3 is 0 Å². The number of halogens is 2. The number of furan rings is 1. The number of hydrogen-bond donors (Lipinski definition) is 1. The Hall–Kier alpha value is -1.84. The standard InChI is InChI=1S/C17H15ClFNO/c1-20-15(9-11-6-7-14(19)13(18)8-11)17-10-12-4-2-3-5-16(12)21-17/h2-8,10,15,20H,9H2,1H3. The van der Waals surface area contributed by atoms with Crippen LogP contribution in [0.4, 0.5) is 4.39 Å². The second-order valence-corrected chi connectivity index (χ2v) is 5.39. The van der Waals surface area contributed by atoms with Crippen LogP contribution in [-0.2, 0) is 6.42 Å². The average Bonchev–Trinajstić information content (AvgIpc) is 2.92. The van der Waals surface area contributed by atoms with Gasteiger partial charge in [-0.2, -0.15) is 0 Å². The quantitative estimate of drug-likeness (QED) is 0.754. The van der Waals surface area contributed by atoms with Gasteiger partial charge in [-0.15, -0.1) is 0 Å². The van der Waals surface area contributed by atoms with E-state index in [9.17, 15) is 4.39 Å². The molecule has 3 rings (SSSR count). The number of likely N-dealkylation sites (N-methyl/N-ethyl adjacent to an activating group) is 1. The molecule has 0 aliphatic carbocycles. The molecule has 1 heterocycles. The topological polar surface area (TPSA) is 25.2 Å². The van der Waals surface area contributed by atoms with E-state index in [-0.39, 0.29) is 11.1 Å². The molecule has 0 aliphatic heterocycles. The number of nitrogens with one attached hydrogen (secondary N) is 1. The highest BCUT2D eigenvalue weighted by Gasteiger charge is 2.15. The minimum atomic E-state index is -0.398. The summed E-state index contributed by atoms with van der Waals surface area (Å²) < 4.78 is 19.1. The Morgan fingerprint density at radius 3 is 2.71 bits per heavy atom. The van der Waals surface area contributed by atoms with Gasteiger partial charge in [0.15, 0.2) is 0 Å². The van der Waals surface area contributed by atoms with E-state index in [2.05, 4.69) is 5.32 Å². The fourth-order valence-electron chi connectivity index (χ4n) is 2.42. The van der Waals surface area contributed by atoms with Gasteiger partial charge in [-0.1, -0.05) is 35.9 Å². The Morgan fingerprint density at radius 2 is 2.00 bits per heavy atom. The molecule has 2 aromatic carbocycles. The molecule has 2 nitrogen and oxygen atoms in total. The molecule has 1 unspecified atom stereocenters. The number of rotatable bonds is 4. The summed E-state index contributed by atoms with van der Waals surface area (Å²) in [6, 6.07) is 14.7. The minimum absolute atomic E-state index is 0.0129. The zero-order valence-electron chi connectivity index (χ0n) is 11.6. The van der Waals surface area contributed by atoms with E-state index in [4.69, 9.17) is 16.0 Å². The van der Waals surface area contributed by atoms with Crippen LogP contribution in [0.2, 0.25) is 5.02 Å². The lowest BCUT2D eigenvalue weighted by molar-refractivity contribution is 0.451. The molecule has 0 spiro atoms. The summed E-state index contributed by atoms with van der Waals surface area (Å²) in [6.45, 7) is 0. The van der Waals surface area contributed by atoms with E-state index in [0.717, 1.165) is 22.3 Å². The summed E-state index contributed by atoms with van der Waals surface area (Å²) in [5.74, 6) is 0.462. The van der Waals surface area contributed by atoms with Crippen molar-refractivity contribution < 1.29 is 8.81 Å². The first kappa shape index (κ1) is 14.1. The maximum atomic E-state index is 13.2. The maximum Gasteiger partial charge on any atom is 0.141 e. The van der Waals surface area contributed by atoms with E-state index >= 15 is 0 Å². The lowest BCUT2D eigenvalue weighted by Crippen LogP contribution is -2.18. The fourth-order valence-corrected chi connectivity index (χ4v) is 2.62. The molecule has 4 heteroatoms. The van der Waals surface area contributed by atoms with Crippen LogP contribution in [0.5, 0.6) is 0 Å². The second-order valence-electron chi connectivity index (χ2n) is 4.98. The summed E-state index contributed by atoms with van der Waals surface area (Å²) in [5, 5.41) is 4.45. The number of benzene rings is 2. The highest BCUT2D eigenvalue weighted by atomic mass is 35.5. The van der Waals surface area contributed by atoms with Gasteiger partial charge < -0.3 is 9.73 Å². The summed E-state index contributed by atoms with van der Waals surface area (Å²) in [4.78, 5) is 0. The molecular formula is C17H15ClFNO. The molecular weight excluding hydrogens is 289 g/mol. The first-order chi connectivity index (χ1) is 10.2. The molecule has 0 saturated heterocycles. The highest BCUT2D eigenvalue weighted by molar-refractivity contribution is 6.30. The van der Waals surface area contributed by atoms with Crippen molar-refractivity contribution in [1.29, 1.82) is 0 Å². The van der Waals surface area contributed by atoms with Gasteiger partial charge in [0.25, 0.3) is 0 Å². The Morgan fingerprint density at radius 1 is 1.19 bits per heavy atom. The van der Waals surface area contributed by atoms with Gasteiger partial charge in [-0.3, -0.25) is 0 Å². The van der Waals surface area contributed by atoms with E-state index in [1.807, 2.05) is 37.4 Å². The SMILES string of the molecule is CNC(Cc1ccc(F)c(Cl)c1)c1cc2ccccc2o1. The smallest absolute Gasteiger partial charge is 0.141 e. The van der Waals surface area contributed by atoms with Crippen molar-refractivity contribution in [2.24, 2.45) is 0 Å². The third kappa shape index (κ3) is 2.94. The molecule has 0 amide bonds. The van der Waals surface area contributed by atoms with Crippen LogP contribution < -0.4 is 5.32 Å². The van der Waals surface area contributed by atoms with E-state index in [1.54, 1.807) is 12.1 Å². The zero-order chi connectivity index (χ0) is 14.8. The third-order valence-electron chi connectivity index (χ3n) is 3.56. The van der Waals surface area contributed by atoms with Crippen molar-refractivity contribution in [2.45, 2.75) is 12.5 Å². The minimum Gasteiger partial charge on any atom is -0.459 e. The zero-order valence-corrected chi connectivity index (χ0v) is 12.3. The van der Waals surface area contributed by atoms with Crippen LogP contribution in [0.15, 0.2) is 52.9 Å². The van der Waals surface area contributed by atoms with Crippen molar-refractivity contribution in [1.82, 2.24) is 5.32 Å². The first-order valence-corrected chi connectivity index (χ1v) is 7.15. The van der Waals surface area contributed by atoms with E-state index in [1.165, 1.54) is 6.07 Å². The molecule has 0 aliphatic rings. The number of hydrogen-bond acceptors (Lipinski definition) is 2. The number of para-hydroxylation sites is 1. The van der Waals surface area contributed by atoms with Gasteiger partial charge in [0.05, 0.1) is 11.1 Å². The van der Waals surface area contributed by atoms with Crippen LogP contribution in [0.1, 0.15) is 17.4 Å². The van der Waals surface area contributed by atoms with Crippen LogP contribution in [0.3, 0.4) is 0 Å². The van der Waals surface area contributed by atoms with E-state index < -0.39 is 5.82 Å². The van der Waals surface area contributed by atoms with Gasteiger partial charge in [0, 0.05) is 5.39 Å². The Labute approximate surface area is 127 Å². The predicted octanol–water partition coefficient (Wildman–Crippen LogP) is 4.73. The first-order valence-electron chi connectivity index (χ1n) is 6.77. The van der Waals surface area contributed by atoms with Gasteiger partial charge in [0.2, 0.25) is 0 Å². The summed E-state index contributed by atoms with van der Waals surface area (Å²) in [5.41, 5.74) is 1.83. The lowest BCUT2D eigenvalue weighted by Gasteiger charge is -2.13. The summed E-state index contributed by atoms with van der Waals surface area (Å²) in [7, 11) is 1.88. The van der Waals surface area contributed by atoms with Crippen LogP contribution in [-0.4, -0.2) is 7.05 Å². The highest BCUT2D eigenvalue weighted by Crippen LogP contribution is 2.27. The molecule has 0 radical (unpaired) electrons. The average molecular weight is 304 g/mol. The molecule has 1 atom stereocenters. The number of fused-ring (bicyclic) bond motifs is 1. The van der Waals surface area contributed by atoms with Crippen molar-refractivity contribution in [2.75, 3.05) is 7.05 Å². The van der Waals surface area contributed by atoms with Crippen LogP contribution in [0, 0.1) is 5.82 Å². The Balaban J connectivity index is 1.88. The van der Waals surface area contributed by atoms with Gasteiger partial charge in [-0.25, -0.2) is 4.39 Å². The third-order valence-corrected chi connectivity index (χ3v) is 3.85. The molecule has 21 heavy (non-hydrogen) atoms. The molecule has 1 N–H and O–H groups in total. The molecule has 0 fully saturated rings. The molecule has 1 aromatic heterocycles. The van der Waals surface area contributed by atoms with Crippen molar-refractivity contribution in [3.63, 3.8) is 0 Å². The molecule has 0 bridgehead atoms. The monoisotopic (exact) mass is 303 g/mol. The van der Waals surface area contributed by atoms with Crippen molar-refractivity contribution >= 4 is 22.6 Å². The van der Waals surface area contributed by atoms with Crippen molar-refractivity contribution in [3.8, 4) is 0 Å². The Kier molecular flexibility index (Phi) is 3.95.